The van der Waals surface area contributed by atoms with Crippen LogP contribution in [-0.4, -0.2) is 17.4 Å². The predicted octanol–water partition coefficient (Wildman–Crippen LogP) is 0.492. The number of nitro benzene ring substituents is 1. The number of nitrogens with zero attached hydrogens (tertiary/aromatic N) is 1. The number of anilines is 1. The van der Waals surface area contributed by atoms with E-state index in [0.29, 0.717) is 5.69 Å². The monoisotopic (exact) mass is 195 g/mol. The van der Waals surface area contributed by atoms with Gasteiger partial charge in [0.25, 0.3) is 5.69 Å². The minimum atomic E-state index is -0.505. The third-order valence-electron chi connectivity index (χ3n) is 1.55. The minimum Gasteiger partial charge on any atom is -0.325 e. The summed E-state index contributed by atoms with van der Waals surface area (Å²) in [4.78, 5) is 20.6. The van der Waals surface area contributed by atoms with E-state index in [9.17, 15) is 14.9 Å². The third-order valence-corrected chi connectivity index (χ3v) is 1.55. The molecule has 74 valence electrons. The molecule has 0 unspecified atom stereocenters. The highest BCUT2D eigenvalue weighted by atomic mass is 16.6. The SMILES string of the molecule is NCC(=O)Nc1ccc([N+](=O)[O-])cc1. The second kappa shape index (κ2) is 4.33. The summed E-state index contributed by atoms with van der Waals surface area (Å²) in [5.41, 5.74) is 5.55. The molecule has 1 amide bonds. The molecule has 0 saturated carbocycles. The van der Waals surface area contributed by atoms with Crippen molar-refractivity contribution >= 4 is 17.3 Å². The van der Waals surface area contributed by atoms with Crippen LogP contribution in [0, 0.1) is 10.1 Å². The maximum Gasteiger partial charge on any atom is 0.269 e. The number of hydrogen-bond donors (Lipinski definition) is 2. The number of nitrogens with one attached hydrogen (secondary N) is 1. The Morgan fingerprint density at radius 2 is 2.00 bits per heavy atom. The number of carbonyl (C=O) groups is 1. The van der Waals surface area contributed by atoms with Crippen LogP contribution in [0.2, 0.25) is 0 Å². The number of benzene rings is 1. The molecule has 0 bridgehead atoms. The molecule has 1 aromatic carbocycles. The molecule has 6 nitrogen and oxygen atoms in total. The second-order valence-corrected chi connectivity index (χ2v) is 2.56. The molecule has 0 aromatic heterocycles. The Bertz CT molecular complexity index is 347. The van der Waals surface area contributed by atoms with Crippen LogP contribution in [0.1, 0.15) is 0 Å². The quantitative estimate of drug-likeness (QED) is 0.541. The first-order valence-electron chi connectivity index (χ1n) is 3.88. The average Bonchev–Trinajstić information content (AvgIpc) is 2.18. The highest BCUT2D eigenvalue weighted by Gasteiger charge is 2.04. The molecule has 0 aliphatic carbocycles. The van der Waals surface area contributed by atoms with Crippen LogP contribution in [0.5, 0.6) is 0 Å². The predicted molar refractivity (Wildman–Crippen MR) is 50.8 cm³/mol. The molecule has 6 heteroatoms. The van der Waals surface area contributed by atoms with Gasteiger partial charge >= 0.3 is 0 Å². The molecule has 0 aliphatic heterocycles. The van der Waals surface area contributed by atoms with Crippen molar-refractivity contribution in [1.29, 1.82) is 0 Å². The number of carbonyl (C=O) groups excluding carboxylic acids is 1. The Labute approximate surface area is 79.9 Å². The molecule has 1 rings (SSSR count). The van der Waals surface area contributed by atoms with Crippen LogP contribution < -0.4 is 11.1 Å². The van der Waals surface area contributed by atoms with E-state index in [1.807, 2.05) is 0 Å². The average molecular weight is 195 g/mol. The maximum atomic E-state index is 10.8. The summed E-state index contributed by atoms with van der Waals surface area (Å²) in [6.07, 6.45) is 0. The minimum absolute atomic E-state index is 0.0178. The Morgan fingerprint density at radius 1 is 1.43 bits per heavy atom. The van der Waals surface area contributed by atoms with Gasteiger partial charge in [-0.1, -0.05) is 0 Å². The van der Waals surface area contributed by atoms with E-state index in [0.717, 1.165) is 0 Å². The lowest BCUT2D eigenvalue weighted by molar-refractivity contribution is -0.384. The summed E-state index contributed by atoms with van der Waals surface area (Å²) in [5, 5.41) is 12.8. The molecule has 0 atom stereocenters. The van der Waals surface area contributed by atoms with Crippen LogP contribution in [0.15, 0.2) is 24.3 Å². The van der Waals surface area contributed by atoms with Gasteiger partial charge < -0.3 is 11.1 Å². The van der Waals surface area contributed by atoms with Gasteiger partial charge in [-0.25, -0.2) is 0 Å². The van der Waals surface area contributed by atoms with Gasteiger partial charge in [0.05, 0.1) is 11.5 Å². The summed E-state index contributed by atoms with van der Waals surface area (Å²) in [6, 6.07) is 5.52. The third kappa shape index (κ3) is 2.53. The zero-order valence-corrected chi connectivity index (χ0v) is 7.27. The molecular formula is C8H9N3O3. The van der Waals surface area contributed by atoms with Crippen molar-refractivity contribution in [3.63, 3.8) is 0 Å². The van der Waals surface area contributed by atoms with Crippen molar-refractivity contribution in [3.8, 4) is 0 Å². The molecule has 0 heterocycles. The highest BCUT2D eigenvalue weighted by Crippen LogP contribution is 2.14. The highest BCUT2D eigenvalue weighted by molar-refractivity contribution is 5.92. The zero-order chi connectivity index (χ0) is 10.6. The second-order valence-electron chi connectivity index (χ2n) is 2.56. The van der Waals surface area contributed by atoms with Gasteiger partial charge in [0.15, 0.2) is 0 Å². The Morgan fingerprint density at radius 3 is 2.43 bits per heavy atom. The topological polar surface area (TPSA) is 98.3 Å². The van der Waals surface area contributed by atoms with Gasteiger partial charge in [0.2, 0.25) is 5.91 Å². The van der Waals surface area contributed by atoms with Crippen LogP contribution in [0.4, 0.5) is 11.4 Å². The molecule has 0 aliphatic rings. The van der Waals surface area contributed by atoms with Crippen molar-refractivity contribution < 1.29 is 9.72 Å². The number of rotatable bonds is 3. The summed E-state index contributed by atoms with van der Waals surface area (Å²) < 4.78 is 0. The van der Waals surface area contributed by atoms with E-state index in [2.05, 4.69) is 5.32 Å². The summed E-state index contributed by atoms with van der Waals surface area (Å²) in [6.45, 7) is -0.114. The van der Waals surface area contributed by atoms with Crippen LogP contribution >= 0.6 is 0 Å². The summed E-state index contributed by atoms with van der Waals surface area (Å²) >= 11 is 0. The van der Waals surface area contributed by atoms with Gasteiger partial charge in [0, 0.05) is 17.8 Å². The van der Waals surface area contributed by atoms with Gasteiger partial charge in [-0.15, -0.1) is 0 Å². The maximum absolute atomic E-state index is 10.8. The number of nitrogens with two attached hydrogens (primary N) is 1. The molecule has 0 spiro atoms. The lowest BCUT2D eigenvalue weighted by atomic mass is 10.3. The van der Waals surface area contributed by atoms with Gasteiger partial charge in [-0.05, 0) is 12.1 Å². The van der Waals surface area contributed by atoms with E-state index in [-0.39, 0.29) is 18.1 Å². The van der Waals surface area contributed by atoms with E-state index >= 15 is 0 Å². The first-order valence-corrected chi connectivity index (χ1v) is 3.88. The van der Waals surface area contributed by atoms with Crippen molar-refractivity contribution in [2.75, 3.05) is 11.9 Å². The zero-order valence-electron chi connectivity index (χ0n) is 7.27. The van der Waals surface area contributed by atoms with Crippen LogP contribution in [0.25, 0.3) is 0 Å². The summed E-state index contributed by atoms with van der Waals surface area (Å²) in [5.74, 6) is -0.334. The fourth-order valence-electron chi connectivity index (χ4n) is 0.878. The number of hydrogen-bond acceptors (Lipinski definition) is 4. The van der Waals surface area contributed by atoms with Gasteiger partial charge in [-0.3, -0.25) is 14.9 Å². The molecular weight excluding hydrogens is 186 g/mol. The van der Waals surface area contributed by atoms with E-state index in [4.69, 9.17) is 5.73 Å². The Balaban J connectivity index is 2.73. The number of non-ortho nitro benzene ring substituents is 1. The summed E-state index contributed by atoms with van der Waals surface area (Å²) in [7, 11) is 0. The Kier molecular flexibility index (Phi) is 3.14. The van der Waals surface area contributed by atoms with Crippen molar-refractivity contribution in [1.82, 2.24) is 0 Å². The van der Waals surface area contributed by atoms with E-state index in [1.165, 1.54) is 24.3 Å². The molecule has 3 N–H and O–H groups in total. The van der Waals surface area contributed by atoms with Crippen molar-refractivity contribution in [2.45, 2.75) is 0 Å². The van der Waals surface area contributed by atoms with E-state index in [1.54, 1.807) is 0 Å². The van der Waals surface area contributed by atoms with Crippen molar-refractivity contribution in [2.24, 2.45) is 5.73 Å². The van der Waals surface area contributed by atoms with Crippen LogP contribution in [-0.2, 0) is 4.79 Å². The largest absolute Gasteiger partial charge is 0.325 e. The van der Waals surface area contributed by atoms with Gasteiger partial charge in [-0.2, -0.15) is 0 Å². The molecule has 1 aromatic rings. The molecule has 14 heavy (non-hydrogen) atoms. The Hall–Kier alpha value is -1.95. The standard InChI is InChI=1S/C8H9N3O3/c9-5-8(12)10-6-1-3-7(4-2-6)11(13)14/h1-4H,5,9H2,(H,10,12). The van der Waals surface area contributed by atoms with Crippen molar-refractivity contribution in [3.05, 3.63) is 34.4 Å². The van der Waals surface area contributed by atoms with Gasteiger partial charge in [0.1, 0.15) is 0 Å². The lowest BCUT2D eigenvalue weighted by Crippen LogP contribution is -2.21. The number of nitro groups is 1. The fourth-order valence-corrected chi connectivity index (χ4v) is 0.878. The normalized spacial score (nSPS) is 9.50. The van der Waals surface area contributed by atoms with E-state index < -0.39 is 4.92 Å². The first kappa shape index (κ1) is 10.1. The fraction of sp³-hybridized carbons (Fsp3) is 0.125. The molecule has 0 radical (unpaired) electrons. The molecule has 0 saturated heterocycles. The lowest BCUT2D eigenvalue weighted by Gasteiger charge is -2.01. The molecule has 0 fully saturated rings. The smallest absolute Gasteiger partial charge is 0.269 e. The first-order chi connectivity index (χ1) is 6.63. The van der Waals surface area contributed by atoms with Crippen LogP contribution in [0.3, 0.4) is 0 Å². The number of amides is 1.